The van der Waals surface area contributed by atoms with Crippen molar-refractivity contribution >= 4 is 45.9 Å². The topological polar surface area (TPSA) is 82.6 Å². The maximum atomic E-state index is 13.2. The number of nitrogens with zero attached hydrogens (tertiary/aromatic N) is 3. The van der Waals surface area contributed by atoms with Crippen LogP contribution in [0.3, 0.4) is 0 Å². The highest BCUT2D eigenvalue weighted by molar-refractivity contribution is 6.35. The molecule has 204 valence electrons. The van der Waals surface area contributed by atoms with Gasteiger partial charge in [-0.15, -0.1) is 0 Å². The minimum Gasteiger partial charge on any atom is -0.339 e. The Morgan fingerprint density at radius 3 is 2.35 bits per heavy atom. The molecule has 4 aromatic rings. The molecule has 0 atom stereocenters. The van der Waals surface area contributed by atoms with Crippen LogP contribution in [0.25, 0.3) is 10.9 Å². The third-order valence-electron chi connectivity index (χ3n) is 7.33. The van der Waals surface area contributed by atoms with E-state index in [4.69, 9.17) is 11.6 Å². The molecule has 0 radical (unpaired) electrons. The SMILES string of the molecule is Cc1cc(Cl)c2ccc(C(=O)N3CCC(c4ccc(NC(=O)CN(C)C(=O)c5ccccc5)cc4)CC3)cc2n1. The fraction of sp³-hybridized carbons (Fsp3) is 0.250. The van der Waals surface area contributed by atoms with Crippen molar-refractivity contribution in [1.29, 1.82) is 0 Å². The summed E-state index contributed by atoms with van der Waals surface area (Å²) in [6.07, 6.45) is 1.72. The fourth-order valence-electron chi connectivity index (χ4n) is 5.17. The van der Waals surface area contributed by atoms with Gasteiger partial charge in [0.05, 0.1) is 17.1 Å². The van der Waals surface area contributed by atoms with E-state index in [1.54, 1.807) is 31.3 Å². The summed E-state index contributed by atoms with van der Waals surface area (Å²) in [6, 6.07) is 24.1. The van der Waals surface area contributed by atoms with Gasteiger partial charge in [-0.2, -0.15) is 0 Å². The summed E-state index contributed by atoms with van der Waals surface area (Å²) in [5.41, 5.74) is 4.58. The van der Waals surface area contributed by atoms with Gasteiger partial charge in [0.25, 0.3) is 11.8 Å². The lowest BCUT2D eigenvalue weighted by Crippen LogP contribution is -2.37. The number of piperidine rings is 1. The molecule has 2 heterocycles. The largest absolute Gasteiger partial charge is 0.339 e. The van der Waals surface area contributed by atoms with Gasteiger partial charge in [-0.25, -0.2) is 0 Å². The molecule has 0 unspecified atom stereocenters. The van der Waals surface area contributed by atoms with Crippen molar-refractivity contribution in [2.75, 3.05) is 32.0 Å². The molecule has 1 aliphatic rings. The first-order chi connectivity index (χ1) is 19.3. The Morgan fingerprint density at radius 2 is 1.65 bits per heavy atom. The highest BCUT2D eigenvalue weighted by atomic mass is 35.5. The maximum absolute atomic E-state index is 13.2. The smallest absolute Gasteiger partial charge is 0.254 e. The molecule has 0 bridgehead atoms. The Bertz CT molecular complexity index is 1550. The fourth-order valence-corrected chi connectivity index (χ4v) is 5.49. The van der Waals surface area contributed by atoms with Crippen molar-refractivity contribution < 1.29 is 14.4 Å². The molecule has 0 saturated carbocycles. The van der Waals surface area contributed by atoms with Crippen molar-refractivity contribution in [1.82, 2.24) is 14.8 Å². The Labute approximate surface area is 238 Å². The number of carbonyl (C=O) groups excluding carboxylic acids is 3. The van der Waals surface area contributed by atoms with Gasteiger partial charge >= 0.3 is 0 Å². The Hall–Kier alpha value is -4.23. The van der Waals surface area contributed by atoms with E-state index in [1.807, 2.05) is 66.4 Å². The van der Waals surface area contributed by atoms with Crippen LogP contribution in [-0.2, 0) is 4.79 Å². The standard InChI is InChI=1S/C32H31ClN4O3/c1-21-18-28(33)27-13-10-25(19-29(27)34-21)32(40)37-16-14-23(15-17-37)22-8-11-26(12-9-22)35-30(38)20-36(2)31(39)24-6-4-3-5-7-24/h3-13,18-19,23H,14-17,20H2,1-2H3,(H,35,38). The summed E-state index contributed by atoms with van der Waals surface area (Å²) in [4.78, 5) is 46.0. The third kappa shape index (κ3) is 6.15. The van der Waals surface area contributed by atoms with Crippen molar-refractivity contribution in [3.05, 3.63) is 106 Å². The number of anilines is 1. The normalized spacial score (nSPS) is 13.7. The quantitative estimate of drug-likeness (QED) is 0.320. The molecule has 1 saturated heterocycles. The third-order valence-corrected chi connectivity index (χ3v) is 7.64. The lowest BCUT2D eigenvalue weighted by Gasteiger charge is -2.32. The number of nitrogens with one attached hydrogen (secondary N) is 1. The first-order valence-corrected chi connectivity index (χ1v) is 13.7. The minimum absolute atomic E-state index is 0.00792. The number of rotatable bonds is 6. The van der Waals surface area contributed by atoms with Crippen LogP contribution in [0.4, 0.5) is 5.69 Å². The average molecular weight is 555 g/mol. The number of fused-ring (bicyclic) bond motifs is 1. The summed E-state index contributed by atoms with van der Waals surface area (Å²) in [7, 11) is 1.61. The molecule has 3 amide bonds. The van der Waals surface area contributed by atoms with E-state index in [9.17, 15) is 14.4 Å². The summed E-state index contributed by atoms with van der Waals surface area (Å²) in [5, 5.41) is 4.35. The van der Waals surface area contributed by atoms with Gasteiger partial charge in [-0.05, 0) is 73.7 Å². The summed E-state index contributed by atoms with van der Waals surface area (Å²) in [6.45, 7) is 3.19. The van der Waals surface area contributed by atoms with Gasteiger partial charge in [0.15, 0.2) is 0 Å². The molecule has 40 heavy (non-hydrogen) atoms. The molecular weight excluding hydrogens is 524 g/mol. The number of amides is 3. The van der Waals surface area contributed by atoms with E-state index in [2.05, 4.69) is 10.3 Å². The van der Waals surface area contributed by atoms with E-state index < -0.39 is 0 Å². The van der Waals surface area contributed by atoms with Crippen LogP contribution in [0.5, 0.6) is 0 Å². The van der Waals surface area contributed by atoms with E-state index in [0.717, 1.165) is 29.4 Å². The van der Waals surface area contributed by atoms with Crippen LogP contribution in [0.15, 0.2) is 78.9 Å². The highest BCUT2D eigenvalue weighted by Crippen LogP contribution is 2.30. The van der Waals surface area contributed by atoms with Crippen LogP contribution in [-0.4, -0.2) is 59.2 Å². The van der Waals surface area contributed by atoms with Crippen molar-refractivity contribution in [3.8, 4) is 0 Å². The zero-order valence-electron chi connectivity index (χ0n) is 22.6. The van der Waals surface area contributed by atoms with E-state index in [-0.39, 0.29) is 24.3 Å². The number of hydrogen-bond acceptors (Lipinski definition) is 4. The van der Waals surface area contributed by atoms with Gasteiger partial charge in [-0.1, -0.05) is 48.0 Å². The second-order valence-electron chi connectivity index (χ2n) is 10.2. The molecule has 7 nitrogen and oxygen atoms in total. The van der Waals surface area contributed by atoms with Gasteiger partial charge in [-0.3, -0.25) is 19.4 Å². The van der Waals surface area contributed by atoms with Gasteiger partial charge in [0, 0.05) is 48.0 Å². The first-order valence-electron chi connectivity index (χ1n) is 13.3. The van der Waals surface area contributed by atoms with E-state index in [1.165, 1.54) is 10.5 Å². The number of hydrogen-bond donors (Lipinski definition) is 1. The Balaban J connectivity index is 1.14. The lowest BCUT2D eigenvalue weighted by atomic mass is 9.89. The Kier molecular flexibility index (Phi) is 8.12. The predicted octanol–water partition coefficient (Wildman–Crippen LogP) is 5.93. The minimum atomic E-state index is -0.257. The second-order valence-corrected chi connectivity index (χ2v) is 10.6. The molecule has 0 spiro atoms. The van der Waals surface area contributed by atoms with Crippen molar-refractivity contribution in [2.45, 2.75) is 25.7 Å². The number of aryl methyl sites for hydroxylation is 1. The predicted molar refractivity (Wildman–Crippen MR) is 158 cm³/mol. The zero-order chi connectivity index (χ0) is 28.2. The highest BCUT2D eigenvalue weighted by Gasteiger charge is 2.25. The molecule has 3 aromatic carbocycles. The van der Waals surface area contributed by atoms with Gasteiger partial charge < -0.3 is 15.1 Å². The van der Waals surface area contributed by atoms with Crippen LogP contribution in [0.1, 0.15) is 50.7 Å². The summed E-state index contributed by atoms with van der Waals surface area (Å²) < 4.78 is 0. The number of carbonyl (C=O) groups is 3. The van der Waals surface area contributed by atoms with E-state index in [0.29, 0.717) is 40.8 Å². The molecule has 5 rings (SSSR count). The van der Waals surface area contributed by atoms with Crippen LogP contribution in [0, 0.1) is 6.92 Å². The summed E-state index contributed by atoms with van der Waals surface area (Å²) in [5.74, 6) is -0.114. The number of halogens is 1. The second kappa shape index (κ2) is 11.9. The van der Waals surface area contributed by atoms with Crippen molar-refractivity contribution in [3.63, 3.8) is 0 Å². The van der Waals surface area contributed by atoms with Crippen LogP contribution < -0.4 is 5.32 Å². The molecule has 1 fully saturated rings. The number of benzene rings is 3. The molecule has 0 aliphatic carbocycles. The summed E-state index contributed by atoms with van der Waals surface area (Å²) >= 11 is 6.33. The van der Waals surface area contributed by atoms with Crippen LogP contribution in [0.2, 0.25) is 5.02 Å². The van der Waals surface area contributed by atoms with Gasteiger partial charge in [0.1, 0.15) is 0 Å². The molecular formula is C32H31ClN4O3. The van der Waals surface area contributed by atoms with E-state index >= 15 is 0 Å². The molecule has 1 aliphatic heterocycles. The molecule has 1 N–H and O–H groups in total. The first kappa shape index (κ1) is 27.3. The molecule has 1 aromatic heterocycles. The lowest BCUT2D eigenvalue weighted by molar-refractivity contribution is -0.116. The number of likely N-dealkylation sites (tertiary alicyclic amines) is 1. The molecule has 8 heteroatoms. The number of likely N-dealkylation sites (N-methyl/N-ethyl adjacent to an activating group) is 1. The Morgan fingerprint density at radius 1 is 0.950 bits per heavy atom. The maximum Gasteiger partial charge on any atom is 0.254 e. The zero-order valence-corrected chi connectivity index (χ0v) is 23.3. The number of aromatic nitrogens is 1. The van der Waals surface area contributed by atoms with Crippen LogP contribution >= 0.6 is 11.6 Å². The van der Waals surface area contributed by atoms with Gasteiger partial charge in [0.2, 0.25) is 5.91 Å². The monoisotopic (exact) mass is 554 g/mol. The van der Waals surface area contributed by atoms with Crippen molar-refractivity contribution in [2.24, 2.45) is 0 Å². The number of pyridine rings is 1. The average Bonchev–Trinajstić information content (AvgIpc) is 2.97.